The number of rotatable bonds is 9. The van der Waals surface area contributed by atoms with Gasteiger partial charge < -0.3 is 14.8 Å². The van der Waals surface area contributed by atoms with Crippen molar-refractivity contribution in [2.75, 3.05) is 0 Å². The average Bonchev–Trinajstić information content (AvgIpc) is 2.95. The Balaban J connectivity index is 1.36. The van der Waals surface area contributed by atoms with Crippen LogP contribution in [0.4, 0.5) is 4.79 Å². The molecule has 198 valence electrons. The maximum atomic E-state index is 13.8. The summed E-state index contributed by atoms with van der Waals surface area (Å²) in [5.41, 5.74) is 2.59. The van der Waals surface area contributed by atoms with Crippen LogP contribution in [0.1, 0.15) is 16.7 Å². The molecule has 0 spiro atoms. The third-order valence-electron chi connectivity index (χ3n) is 6.73. The highest BCUT2D eigenvalue weighted by molar-refractivity contribution is 6.08. The van der Waals surface area contributed by atoms with Gasteiger partial charge in [0.1, 0.15) is 12.4 Å². The lowest BCUT2D eigenvalue weighted by molar-refractivity contribution is -0.180. The standard InChI is InChI=1S/C31H29N3O5/c1-20-8-7-13-25(16-20)39-30-27(29(36)34(30)32)28(35)26(33-31(37)38-19-21-9-3-2-4-10-21)18-22-14-15-23-11-5-6-12-24(23)17-22/h2-17,26-27,30H,18-19,32H2,1H3,(H,33,37)/t26-,27-,30+/m0/s1. The van der Waals surface area contributed by atoms with Gasteiger partial charge in [-0.3, -0.25) is 9.59 Å². The molecule has 0 bridgehead atoms. The summed E-state index contributed by atoms with van der Waals surface area (Å²) in [4.78, 5) is 39.3. The molecule has 8 heteroatoms. The molecule has 1 saturated heterocycles. The van der Waals surface area contributed by atoms with E-state index in [4.69, 9.17) is 15.3 Å². The van der Waals surface area contributed by atoms with Crippen LogP contribution in [0.25, 0.3) is 10.8 Å². The quantitative estimate of drug-likeness (QED) is 0.147. The number of amides is 2. The second-order valence-electron chi connectivity index (χ2n) is 9.59. The van der Waals surface area contributed by atoms with E-state index in [1.54, 1.807) is 12.1 Å². The van der Waals surface area contributed by atoms with Crippen molar-refractivity contribution >= 4 is 28.6 Å². The number of nitrogens with zero attached hydrogens (tertiary/aromatic N) is 1. The molecule has 4 aromatic rings. The minimum absolute atomic E-state index is 0.0432. The minimum atomic E-state index is -1.17. The van der Waals surface area contributed by atoms with Crippen LogP contribution in [0.15, 0.2) is 97.1 Å². The van der Waals surface area contributed by atoms with Crippen LogP contribution in [0.3, 0.4) is 0 Å². The molecule has 0 unspecified atom stereocenters. The number of alkyl carbamates (subject to hydrolysis) is 1. The van der Waals surface area contributed by atoms with Gasteiger partial charge >= 0.3 is 6.09 Å². The summed E-state index contributed by atoms with van der Waals surface area (Å²) in [6.07, 6.45) is -1.59. The number of ether oxygens (including phenoxy) is 2. The van der Waals surface area contributed by atoms with Gasteiger partial charge in [0.05, 0.1) is 6.04 Å². The van der Waals surface area contributed by atoms with Crippen LogP contribution in [0.5, 0.6) is 5.75 Å². The van der Waals surface area contributed by atoms with Crippen LogP contribution in [0, 0.1) is 12.8 Å². The number of benzene rings is 4. The van der Waals surface area contributed by atoms with E-state index >= 15 is 0 Å². The lowest BCUT2D eigenvalue weighted by atomic mass is 9.86. The highest BCUT2D eigenvalue weighted by Gasteiger charge is 2.54. The van der Waals surface area contributed by atoms with Crippen molar-refractivity contribution in [2.24, 2.45) is 11.8 Å². The van der Waals surface area contributed by atoms with Crippen LogP contribution in [0.2, 0.25) is 0 Å². The van der Waals surface area contributed by atoms with Gasteiger partial charge in [-0.15, -0.1) is 0 Å². The molecule has 8 nitrogen and oxygen atoms in total. The smallest absolute Gasteiger partial charge is 0.408 e. The first-order valence-electron chi connectivity index (χ1n) is 12.7. The largest absolute Gasteiger partial charge is 0.468 e. The highest BCUT2D eigenvalue weighted by Crippen LogP contribution is 2.29. The van der Waals surface area contributed by atoms with E-state index in [1.807, 2.05) is 91.9 Å². The summed E-state index contributed by atoms with van der Waals surface area (Å²) in [5.74, 6) is 4.16. The number of fused-ring (bicyclic) bond motifs is 1. The number of ketones is 1. The number of Topliss-reactive ketones (excluding diaryl/α,β-unsaturated/α-hetero) is 1. The number of hydrazine groups is 1. The fraction of sp³-hybridized carbons (Fsp3) is 0.194. The van der Waals surface area contributed by atoms with Gasteiger partial charge in [0.15, 0.2) is 11.7 Å². The Kier molecular flexibility index (Phi) is 7.56. The van der Waals surface area contributed by atoms with E-state index in [2.05, 4.69) is 5.32 Å². The molecular weight excluding hydrogens is 494 g/mol. The summed E-state index contributed by atoms with van der Waals surface area (Å²) in [7, 11) is 0. The molecule has 4 aromatic carbocycles. The van der Waals surface area contributed by atoms with Crippen LogP contribution in [-0.2, 0) is 27.4 Å². The number of aryl methyl sites for hydroxylation is 1. The molecule has 2 amide bonds. The average molecular weight is 524 g/mol. The molecule has 1 heterocycles. The van der Waals surface area contributed by atoms with Gasteiger partial charge in [0, 0.05) is 0 Å². The minimum Gasteiger partial charge on any atom is -0.468 e. The highest BCUT2D eigenvalue weighted by atomic mass is 16.5. The van der Waals surface area contributed by atoms with Gasteiger partial charge in [0.25, 0.3) is 5.91 Å². The first kappa shape index (κ1) is 25.9. The first-order chi connectivity index (χ1) is 18.9. The molecule has 39 heavy (non-hydrogen) atoms. The SMILES string of the molecule is Cc1cccc(O[C@@H]2[C@@H](C(=O)[C@H](Cc3ccc4ccccc4c3)NC(=O)OCc3ccccc3)C(=O)N2N)c1. The Morgan fingerprint density at radius 1 is 0.897 bits per heavy atom. The van der Waals surface area contributed by atoms with Gasteiger partial charge in [-0.05, 0) is 52.9 Å². The number of carbonyl (C=O) groups excluding carboxylic acids is 3. The summed E-state index contributed by atoms with van der Waals surface area (Å²) in [6, 6.07) is 29.1. The molecule has 0 saturated carbocycles. The van der Waals surface area contributed by atoms with Gasteiger partial charge in [0.2, 0.25) is 6.23 Å². The van der Waals surface area contributed by atoms with Crippen molar-refractivity contribution in [3.63, 3.8) is 0 Å². The summed E-state index contributed by atoms with van der Waals surface area (Å²) in [5, 5.41) is 5.65. The normalized spacial score (nSPS) is 17.3. The van der Waals surface area contributed by atoms with Crippen LogP contribution < -0.4 is 15.9 Å². The predicted octanol–water partition coefficient (Wildman–Crippen LogP) is 4.29. The van der Waals surface area contributed by atoms with E-state index in [0.717, 1.165) is 32.5 Å². The van der Waals surface area contributed by atoms with E-state index in [0.29, 0.717) is 5.75 Å². The lowest BCUT2D eigenvalue weighted by Gasteiger charge is -2.43. The second-order valence-corrected chi connectivity index (χ2v) is 9.59. The van der Waals surface area contributed by atoms with Crippen molar-refractivity contribution in [3.8, 4) is 5.75 Å². The molecule has 0 aliphatic carbocycles. The van der Waals surface area contributed by atoms with Gasteiger partial charge in [-0.2, -0.15) is 0 Å². The molecule has 5 rings (SSSR count). The fourth-order valence-corrected chi connectivity index (χ4v) is 4.65. The lowest BCUT2D eigenvalue weighted by Crippen LogP contribution is -2.70. The monoisotopic (exact) mass is 523 g/mol. The van der Waals surface area contributed by atoms with Gasteiger partial charge in [-0.1, -0.05) is 84.9 Å². The number of nitrogens with two attached hydrogens (primary N) is 1. The zero-order chi connectivity index (χ0) is 27.4. The van der Waals surface area contributed by atoms with E-state index < -0.39 is 36.0 Å². The molecule has 0 aromatic heterocycles. The van der Waals surface area contributed by atoms with E-state index in [9.17, 15) is 14.4 Å². The van der Waals surface area contributed by atoms with Crippen molar-refractivity contribution < 1.29 is 23.9 Å². The Labute approximate surface area is 226 Å². The predicted molar refractivity (Wildman–Crippen MR) is 146 cm³/mol. The maximum absolute atomic E-state index is 13.8. The van der Waals surface area contributed by atoms with Crippen LogP contribution >= 0.6 is 0 Å². The summed E-state index contributed by atoms with van der Waals surface area (Å²) in [6.45, 7) is 1.95. The van der Waals surface area contributed by atoms with E-state index in [1.165, 1.54) is 0 Å². The summed E-state index contributed by atoms with van der Waals surface area (Å²) < 4.78 is 11.3. The second kappa shape index (κ2) is 11.4. The number of β-lactam (4-membered cyclic amide) rings is 1. The Morgan fingerprint density at radius 2 is 1.64 bits per heavy atom. The first-order valence-corrected chi connectivity index (χ1v) is 12.7. The van der Waals surface area contributed by atoms with Crippen molar-refractivity contribution in [1.82, 2.24) is 10.3 Å². The third kappa shape index (κ3) is 5.91. The molecule has 1 aliphatic heterocycles. The Morgan fingerprint density at radius 3 is 2.41 bits per heavy atom. The Hall–Kier alpha value is -4.69. The van der Waals surface area contributed by atoms with Crippen molar-refractivity contribution in [2.45, 2.75) is 32.2 Å². The molecule has 1 aliphatic rings. The zero-order valence-electron chi connectivity index (χ0n) is 21.4. The van der Waals surface area contributed by atoms with Gasteiger partial charge in [-0.25, -0.2) is 15.6 Å². The third-order valence-corrected chi connectivity index (χ3v) is 6.73. The maximum Gasteiger partial charge on any atom is 0.408 e. The summed E-state index contributed by atoms with van der Waals surface area (Å²) >= 11 is 0. The molecular formula is C31H29N3O5. The molecule has 3 N–H and O–H groups in total. The number of nitrogens with one attached hydrogen (secondary N) is 1. The topological polar surface area (TPSA) is 111 Å². The zero-order valence-corrected chi connectivity index (χ0v) is 21.4. The molecule has 1 fully saturated rings. The Bertz CT molecular complexity index is 1510. The number of hydrogen-bond donors (Lipinski definition) is 2. The fourth-order valence-electron chi connectivity index (χ4n) is 4.65. The number of carbonyl (C=O) groups is 3. The molecule has 3 atom stereocenters. The number of hydrogen-bond acceptors (Lipinski definition) is 6. The van der Waals surface area contributed by atoms with Crippen molar-refractivity contribution in [1.29, 1.82) is 0 Å². The van der Waals surface area contributed by atoms with Crippen LogP contribution in [-0.4, -0.2) is 35.1 Å². The molecule has 0 radical (unpaired) electrons. The van der Waals surface area contributed by atoms with E-state index in [-0.39, 0.29) is 13.0 Å². The van der Waals surface area contributed by atoms with Crippen molar-refractivity contribution in [3.05, 3.63) is 114 Å².